The van der Waals surface area contributed by atoms with Gasteiger partial charge in [-0.2, -0.15) is 0 Å². The van der Waals surface area contributed by atoms with Gasteiger partial charge in [-0.3, -0.25) is 19.8 Å². The number of benzene rings is 2. The zero-order chi connectivity index (χ0) is 22.9. The average Bonchev–Trinajstić information content (AvgIpc) is 3.13. The zero-order valence-corrected chi connectivity index (χ0v) is 17.6. The van der Waals surface area contributed by atoms with Crippen molar-refractivity contribution >= 4 is 34.4 Å². The van der Waals surface area contributed by atoms with Crippen LogP contribution in [0, 0.1) is 0 Å². The van der Waals surface area contributed by atoms with Gasteiger partial charge in [0, 0.05) is 36.8 Å². The molecule has 4 amide bonds. The van der Waals surface area contributed by atoms with Crippen LogP contribution in [0.15, 0.2) is 48.9 Å². The maximum Gasteiger partial charge on any atom is 0.319 e. The summed E-state index contributed by atoms with van der Waals surface area (Å²) in [6.45, 7) is 0.686. The van der Waals surface area contributed by atoms with E-state index in [9.17, 15) is 19.5 Å². The second-order valence-electron chi connectivity index (χ2n) is 8.15. The van der Waals surface area contributed by atoms with Crippen LogP contribution in [0.25, 0.3) is 10.9 Å². The van der Waals surface area contributed by atoms with Crippen molar-refractivity contribution in [2.24, 2.45) is 0 Å². The molecule has 5 rings (SSSR count). The first kappa shape index (κ1) is 21.0. The number of nitrogens with zero attached hydrogens (tertiary/aromatic N) is 3. The summed E-state index contributed by atoms with van der Waals surface area (Å²) in [6, 6.07) is 10.1. The van der Waals surface area contributed by atoms with E-state index in [1.54, 1.807) is 23.2 Å². The monoisotopic (exact) mass is 446 g/mol. The number of piperidine rings is 1. The van der Waals surface area contributed by atoms with Crippen molar-refractivity contribution in [2.75, 3.05) is 5.32 Å². The van der Waals surface area contributed by atoms with Crippen molar-refractivity contribution in [1.82, 2.24) is 25.5 Å². The van der Waals surface area contributed by atoms with Gasteiger partial charge in [0.15, 0.2) is 0 Å². The van der Waals surface area contributed by atoms with Gasteiger partial charge in [0.2, 0.25) is 11.8 Å². The fraction of sp³-hybridized carbons (Fsp3) is 0.261. The number of anilines is 1. The van der Waals surface area contributed by atoms with Crippen LogP contribution in [-0.2, 0) is 22.7 Å². The molecule has 3 aromatic rings. The number of aliphatic hydroxyl groups is 1. The van der Waals surface area contributed by atoms with Gasteiger partial charge < -0.3 is 15.7 Å². The van der Waals surface area contributed by atoms with Crippen molar-refractivity contribution in [3.63, 3.8) is 0 Å². The molecule has 3 heterocycles. The molecule has 10 nitrogen and oxygen atoms in total. The van der Waals surface area contributed by atoms with E-state index in [0.29, 0.717) is 25.2 Å². The number of nitrogens with one attached hydrogen (secondary N) is 3. The second kappa shape index (κ2) is 8.57. The average molecular weight is 446 g/mol. The number of amides is 4. The van der Waals surface area contributed by atoms with E-state index in [-0.39, 0.29) is 24.3 Å². The molecule has 2 atom stereocenters. The Kier molecular flexibility index (Phi) is 5.45. The molecule has 168 valence electrons. The Labute approximate surface area is 189 Å². The number of carbonyl (C=O) groups excluding carboxylic acids is 3. The molecule has 1 fully saturated rings. The van der Waals surface area contributed by atoms with E-state index >= 15 is 0 Å². The summed E-state index contributed by atoms with van der Waals surface area (Å²) in [5.74, 6) is -0.664. The Bertz CT molecular complexity index is 1260. The number of rotatable bonds is 4. The molecule has 2 aliphatic rings. The highest BCUT2D eigenvalue weighted by Gasteiger charge is 2.39. The van der Waals surface area contributed by atoms with Crippen molar-refractivity contribution < 1.29 is 19.5 Å². The number of carbonyl (C=O) groups is 3. The fourth-order valence-electron chi connectivity index (χ4n) is 4.31. The van der Waals surface area contributed by atoms with Gasteiger partial charge >= 0.3 is 6.03 Å². The number of hydrogen-bond acceptors (Lipinski definition) is 7. The van der Waals surface area contributed by atoms with E-state index < -0.39 is 12.3 Å². The molecule has 0 radical (unpaired) electrons. The van der Waals surface area contributed by atoms with Gasteiger partial charge in [-0.15, -0.1) is 0 Å². The third kappa shape index (κ3) is 4.26. The Morgan fingerprint density at radius 3 is 2.94 bits per heavy atom. The molecule has 10 heteroatoms. The highest BCUT2D eigenvalue weighted by Crippen LogP contribution is 2.35. The van der Waals surface area contributed by atoms with E-state index in [4.69, 9.17) is 0 Å². The zero-order valence-electron chi connectivity index (χ0n) is 17.6. The minimum absolute atomic E-state index is 0.254. The molecule has 4 N–H and O–H groups in total. The highest BCUT2D eigenvalue weighted by molar-refractivity contribution is 6.00. The Hall–Kier alpha value is -3.89. The third-order valence-corrected chi connectivity index (χ3v) is 5.98. The predicted octanol–water partition coefficient (Wildman–Crippen LogP) is 1.56. The highest BCUT2D eigenvalue weighted by atomic mass is 16.3. The van der Waals surface area contributed by atoms with E-state index in [2.05, 4.69) is 25.9 Å². The minimum atomic E-state index is -0.911. The molecule has 33 heavy (non-hydrogen) atoms. The van der Waals surface area contributed by atoms with Crippen LogP contribution in [0.5, 0.6) is 0 Å². The summed E-state index contributed by atoms with van der Waals surface area (Å²) in [4.78, 5) is 45.8. The SMILES string of the molecule is O=C1CCC(N2Cc3cc(CNC(=O)Nc4ccc5cncnc5c4)ccc3C2O)C(=O)N1. The van der Waals surface area contributed by atoms with Crippen molar-refractivity contribution in [1.29, 1.82) is 0 Å². The predicted molar refractivity (Wildman–Crippen MR) is 119 cm³/mol. The molecular weight excluding hydrogens is 424 g/mol. The van der Waals surface area contributed by atoms with Crippen LogP contribution < -0.4 is 16.0 Å². The van der Waals surface area contributed by atoms with Crippen LogP contribution in [-0.4, -0.2) is 43.9 Å². The van der Waals surface area contributed by atoms with Crippen LogP contribution in [0.4, 0.5) is 10.5 Å². The summed E-state index contributed by atoms with van der Waals surface area (Å²) in [5.41, 5.74) is 3.84. The number of imide groups is 1. The van der Waals surface area contributed by atoms with Crippen LogP contribution >= 0.6 is 0 Å². The fourth-order valence-corrected chi connectivity index (χ4v) is 4.31. The number of hydrogen-bond donors (Lipinski definition) is 4. The van der Waals surface area contributed by atoms with Crippen LogP contribution in [0.2, 0.25) is 0 Å². The lowest BCUT2D eigenvalue weighted by Gasteiger charge is -2.31. The first-order valence-electron chi connectivity index (χ1n) is 10.6. The van der Waals surface area contributed by atoms with Crippen LogP contribution in [0.3, 0.4) is 0 Å². The second-order valence-corrected chi connectivity index (χ2v) is 8.15. The van der Waals surface area contributed by atoms with Crippen LogP contribution in [0.1, 0.15) is 35.8 Å². The number of aromatic nitrogens is 2. The molecule has 2 unspecified atom stereocenters. The Morgan fingerprint density at radius 1 is 1.21 bits per heavy atom. The summed E-state index contributed by atoms with van der Waals surface area (Å²) >= 11 is 0. The standard InChI is InChI=1S/C23H22N6O4/c30-20-6-5-19(21(31)28-20)29-11-15-7-13(1-4-17(15)22(29)32)9-25-23(33)27-16-3-2-14-10-24-12-26-18(14)8-16/h1-4,7-8,10,12,19,22,32H,5-6,9,11H2,(H2,25,27,33)(H,28,30,31). The molecule has 1 aromatic heterocycles. The maximum atomic E-state index is 12.4. The minimum Gasteiger partial charge on any atom is -0.374 e. The molecule has 0 aliphatic carbocycles. The summed E-state index contributed by atoms with van der Waals surface area (Å²) in [7, 11) is 0. The third-order valence-electron chi connectivity index (χ3n) is 5.98. The molecule has 1 saturated heterocycles. The Morgan fingerprint density at radius 2 is 2.09 bits per heavy atom. The molecule has 2 aromatic carbocycles. The van der Waals surface area contributed by atoms with Gasteiger partial charge in [-0.05, 0) is 41.3 Å². The van der Waals surface area contributed by atoms with Gasteiger partial charge in [0.05, 0.1) is 11.6 Å². The lowest BCUT2D eigenvalue weighted by Crippen LogP contribution is -2.51. The number of aliphatic hydroxyl groups excluding tert-OH is 1. The Balaban J connectivity index is 1.21. The molecule has 2 aliphatic heterocycles. The van der Waals surface area contributed by atoms with E-state index in [1.165, 1.54) is 6.33 Å². The molecule has 0 spiro atoms. The van der Waals surface area contributed by atoms with E-state index in [1.807, 2.05) is 24.3 Å². The summed E-state index contributed by atoms with van der Waals surface area (Å²) in [6.07, 6.45) is 2.89. The van der Waals surface area contributed by atoms with Crippen molar-refractivity contribution in [2.45, 2.75) is 38.2 Å². The first-order chi connectivity index (χ1) is 16.0. The lowest BCUT2D eigenvalue weighted by molar-refractivity contribution is -0.141. The smallest absolute Gasteiger partial charge is 0.319 e. The quantitative estimate of drug-likeness (QED) is 0.447. The van der Waals surface area contributed by atoms with E-state index in [0.717, 1.165) is 27.6 Å². The topological polar surface area (TPSA) is 137 Å². The number of urea groups is 1. The van der Waals surface area contributed by atoms with Crippen molar-refractivity contribution in [3.05, 3.63) is 65.6 Å². The molecular formula is C23H22N6O4. The van der Waals surface area contributed by atoms with Gasteiger partial charge in [-0.25, -0.2) is 14.8 Å². The van der Waals surface area contributed by atoms with Gasteiger partial charge in [0.1, 0.15) is 12.6 Å². The lowest BCUT2D eigenvalue weighted by atomic mass is 10.0. The summed E-state index contributed by atoms with van der Waals surface area (Å²) in [5, 5.41) is 19.5. The van der Waals surface area contributed by atoms with Gasteiger partial charge in [-0.1, -0.05) is 18.2 Å². The normalized spacial score (nSPS) is 20.4. The molecule has 0 bridgehead atoms. The largest absolute Gasteiger partial charge is 0.374 e. The number of fused-ring (bicyclic) bond motifs is 2. The first-order valence-corrected chi connectivity index (χ1v) is 10.6. The molecule has 0 saturated carbocycles. The summed E-state index contributed by atoms with van der Waals surface area (Å²) < 4.78 is 0. The van der Waals surface area contributed by atoms with Gasteiger partial charge in [0.25, 0.3) is 0 Å². The maximum absolute atomic E-state index is 12.4. The van der Waals surface area contributed by atoms with Crippen molar-refractivity contribution in [3.8, 4) is 0 Å².